The van der Waals surface area contributed by atoms with Crippen LogP contribution in [0.3, 0.4) is 0 Å². The summed E-state index contributed by atoms with van der Waals surface area (Å²) in [5, 5.41) is 11.5. The first-order valence-electron chi connectivity index (χ1n) is 5.04. The van der Waals surface area contributed by atoms with E-state index in [1.54, 1.807) is 18.0 Å². The van der Waals surface area contributed by atoms with Gasteiger partial charge in [-0.05, 0) is 18.2 Å². The maximum absolute atomic E-state index is 11.8. The Morgan fingerprint density at radius 1 is 1.59 bits per heavy atom. The molecule has 0 fully saturated rings. The van der Waals surface area contributed by atoms with Crippen molar-refractivity contribution in [3.05, 3.63) is 22.7 Å². The summed E-state index contributed by atoms with van der Waals surface area (Å²) in [6.07, 6.45) is -0.210. The fourth-order valence-electron chi connectivity index (χ4n) is 1.87. The average molecular weight is 299 g/mol. The number of carboxylic acids is 1. The summed E-state index contributed by atoms with van der Waals surface area (Å²) in [6, 6.07) is 4.82. The van der Waals surface area contributed by atoms with Gasteiger partial charge in [0.15, 0.2) is 0 Å². The smallest absolute Gasteiger partial charge is 0.305 e. The molecule has 6 heteroatoms. The van der Waals surface area contributed by atoms with Gasteiger partial charge in [0.25, 0.3) is 0 Å². The van der Waals surface area contributed by atoms with Gasteiger partial charge in [-0.1, -0.05) is 15.9 Å². The van der Waals surface area contributed by atoms with Crippen molar-refractivity contribution < 1.29 is 14.7 Å². The normalized spacial score (nSPS) is 18.6. The number of rotatable bonds is 2. The predicted molar refractivity (Wildman–Crippen MR) is 67.2 cm³/mol. The number of aliphatic carboxylic acids is 1. The molecule has 0 saturated heterocycles. The zero-order chi connectivity index (χ0) is 12.6. The summed E-state index contributed by atoms with van der Waals surface area (Å²) in [5.41, 5.74) is 1.51. The maximum atomic E-state index is 11.8. The second-order valence-electron chi connectivity index (χ2n) is 3.88. The zero-order valence-electron chi connectivity index (χ0n) is 9.11. The topological polar surface area (TPSA) is 69.6 Å². The van der Waals surface area contributed by atoms with Crippen LogP contribution in [0.5, 0.6) is 0 Å². The lowest BCUT2D eigenvalue weighted by Gasteiger charge is -2.34. The molecule has 17 heavy (non-hydrogen) atoms. The number of carbonyl (C=O) groups excluding carboxylic acids is 1. The van der Waals surface area contributed by atoms with Crippen LogP contribution in [0.25, 0.3) is 0 Å². The molecule has 1 aliphatic rings. The van der Waals surface area contributed by atoms with Gasteiger partial charge >= 0.3 is 5.97 Å². The number of likely N-dealkylation sites (N-methyl/N-ethyl adjacent to an activating group) is 1. The van der Waals surface area contributed by atoms with Crippen molar-refractivity contribution in [2.24, 2.45) is 0 Å². The first-order chi connectivity index (χ1) is 7.99. The largest absolute Gasteiger partial charge is 0.481 e. The van der Waals surface area contributed by atoms with E-state index in [1.807, 2.05) is 12.1 Å². The Morgan fingerprint density at radius 3 is 2.94 bits per heavy atom. The van der Waals surface area contributed by atoms with Crippen molar-refractivity contribution in [2.45, 2.75) is 12.5 Å². The first-order valence-corrected chi connectivity index (χ1v) is 5.83. The Balaban J connectivity index is 2.36. The molecular weight excluding hydrogens is 288 g/mol. The molecule has 1 heterocycles. The van der Waals surface area contributed by atoms with Gasteiger partial charge in [-0.25, -0.2) is 0 Å². The van der Waals surface area contributed by atoms with E-state index in [0.29, 0.717) is 5.69 Å². The van der Waals surface area contributed by atoms with E-state index >= 15 is 0 Å². The van der Waals surface area contributed by atoms with E-state index in [-0.39, 0.29) is 12.3 Å². The van der Waals surface area contributed by atoms with Gasteiger partial charge in [0.05, 0.1) is 17.8 Å². The van der Waals surface area contributed by atoms with Crippen molar-refractivity contribution in [1.29, 1.82) is 0 Å². The molecule has 0 aliphatic carbocycles. The predicted octanol–water partition coefficient (Wildman–Crippen LogP) is 1.68. The van der Waals surface area contributed by atoms with Crippen LogP contribution in [0.4, 0.5) is 11.4 Å². The molecule has 0 aromatic heterocycles. The van der Waals surface area contributed by atoms with Crippen molar-refractivity contribution in [1.82, 2.24) is 0 Å². The standard InChI is InChI=1S/C11H11BrN2O3/c1-14-8-3-2-6(12)4-7(8)13-11(17)9(14)5-10(15)16/h2-4,9H,5H2,1H3,(H,13,17)(H,15,16). The van der Waals surface area contributed by atoms with Crippen LogP contribution in [-0.2, 0) is 9.59 Å². The summed E-state index contributed by atoms with van der Waals surface area (Å²) in [6.45, 7) is 0. The number of carbonyl (C=O) groups is 2. The lowest BCUT2D eigenvalue weighted by molar-refractivity contribution is -0.138. The summed E-state index contributed by atoms with van der Waals surface area (Å²) in [4.78, 5) is 24.2. The molecule has 2 N–H and O–H groups in total. The van der Waals surface area contributed by atoms with Gasteiger partial charge in [0.2, 0.25) is 5.91 Å². The molecule has 1 atom stereocenters. The van der Waals surface area contributed by atoms with Crippen LogP contribution < -0.4 is 10.2 Å². The minimum atomic E-state index is -0.988. The third kappa shape index (κ3) is 2.26. The molecule has 0 spiro atoms. The number of halogens is 1. The van der Waals surface area contributed by atoms with Crippen molar-refractivity contribution >= 4 is 39.2 Å². The number of hydrogen-bond donors (Lipinski definition) is 2. The van der Waals surface area contributed by atoms with Gasteiger partial charge in [-0.3, -0.25) is 9.59 Å². The molecule has 0 bridgehead atoms. The molecule has 5 nitrogen and oxygen atoms in total. The first kappa shape index (κ1) is 11.9. The highest BCUT2D eigenvalue weighted by atomic mass is 79.9. The van der Waals surface area contributed by atoms with Crippen LogP contribution in [0.1, 0.15) is 6.42 Å². The van der Waals surface area contributed by atoms with Crippen molar-refractivity contribution in [3.63, 3.8) is 0 Å². The Kier molecular flexibility index (Phi) is 3.06. The molecule has 1 unspecified atom stereocenters. The van der Waals surface area contributed by atoms with E-state index in [4.69, 9.17) is 5.11 Å². The van der Waals surface area contributed by atoms with Crippen LogP contribution in [0.2, 0.25) is 0 Å². The molecule has 1 amide bonds. The molecule has 1 aliphatic heterocycles. The van der Waals surface area contributed by atoms with Crippen LogP contribution in [0.15, 0.2) is 22.7 Å². The fraction of sp³-hybridized carbons (Fsp3) is 0.273. The number of nitrogens with one attached hydrogen (secondary N) is 1. The zero-order valence-corrected chi connectivity index (χ0v) is 10.7. The number of hydrogen-bond acceptors (Lipinski definition) is 3. The van der Waals surface area contributed by atoms with Gasteiger partial charge < -0.3 is 15.3 Å². The SMILES string of the molecule is CN1c2ccc(Br)cc2NC(=O)C1CC(=O)O. The van der Waals surface area contributed by atoms with E-state index in [0.717, 1.165) is 10.2 Å². The minimum Gasteiger partial charge on any atom is -0.481 e. The number of benzene rings is 1. The lowest BCUT2D eigenvalue weighted by atomic mass is 10.1. The summed E-state index contributed by atoms with van der Waals surface area (Å²) in [5.74, 6) is -1.28. The second kappa shape index (κ2) is 4.37. The molecule has 1 aromatic rings. The van der Waals surface area contributed by atoms with Crippen LogP contribution in [0, 0.1) is 0 Å². The van der Waals surface area contributed by atoms with E-state index in [9.17, 15) is 9.59 Å². The van der Waals surface area contributed by atoms with Crippen LogP contribution in [-0.4, -0.2) is 30.1 Å². The van der Waals surface area contributed by atoms with Gasteiger partial charge in [0.1, 0.15) is 6.04 Å². The highest BCUT2D eigenvalue weighted by Gasteiger charge is 2.32. The number of amides is 1. The van der Waals surface area contributed by atoms with Gasteiger partial charge in [-0.2, -0.15) is 0 Å². The van der Waals surface area contributed by atoms with Crippen molar-refractivity contribution in [3.8, 4) is 0 Å². The summed E-state index contributed by atoms with van der Waals surface area (Å²) >= 11 is 3.32. The molecule has 90 valence electrons. The summed E-state index contributed by atoms with van der Waals surface area (Å²) in [7, 11) is 1.72. The molecule has 0 saturated carbocycles. The third-order valence-electron chi connectivity index (χ3n) is 2.73. The Hall–Kier alpha value is -1.56. The minimum absolute atomic E-state index is 0.210. The number of fused-ring (bicyclic) bond motifs is 1. The fourth-order valence-corrected chi connectivity index (χ4v) is 2.23. The molecular formula is C11H11BrN2O3. The molecule has 1 aromatic carbocycles. The maximum Gasteiger partial charge on any atom is 0.305 e. The van der Waals surface area contributed by atoms with E-state index in [2.05, 4.69) is 21.2 Å². The van der Waals surface area contributed by atoms with E-state index in [1.165, 1.54) is 0 Å². The van der Waals surface area contributed by atoms with E-state index < -0.39 is 12.0 Å². The Morgan fingerprint density at radius 2 is 2.29 bits per heavy atom. The number of carboxylic acid groups (broad SMARTS) is 1. The third-order valence-corrected chi connectivity index (χ3v) is 3.23. The second-order valence-corrected chi connectivity index (χ2v) is 4.79. The Labute approximate surface area is 107 Å². The lowest BCUT2D eigenvalue weighted by Crippen LogP contribution is -2.47. The van der Waals surface area contributed by atoms with Gasteiger partial charge in [-0.15, -0.1) is 0 Å². The molecule has 0 radical (unpaired) electrons. The Bertz CT molecular complexity index is 490. The molecule has 2 rings (SSSR count). The van der Waals surface area contributed by atoms with Crippen LogP contribution >= 0.6 is 15.9 Å². The monoisotopic (exact) mass is 298 g/mol. The summed E-state index contributed by atoms with van der Waals surface area (Å²) < 4.78 is 0.863. The highest BCUT2D eigenvalue weighted by molar-refractivity contribution is 9.10. The van der Waals surface area contributed by atoms with Gasteiger partial charge in [0, 0.05) is 11.5 Å². The number of anilines is 2. The average Bonchev–Trinajstić information content (AvgIpc) is 2.23. The quantitative estimate of drug-likeness (QED) is 0.871. The number of nitrogens with zero attached hydrogens (tertiary/aromatic N) is 1. The highest BCUT2D eigenvalue weighted by Crippen LogP contribution is 2.33. The van der Waals surface area contributed by atoms with Crippen molar-refractivity contribution in [2.75, 3.05) is 17.3 Å².